The van der Waals surface area contributed by atoms with Crippen molar-refractivity contribution in [2.24, 2.45) is 0 Å². The average Bonchev–Trinajstić information content (AvgIpc) is 3.15. The maximum absolute atomic E-state index is 12.5. The second-order valence-corrected chi connectivity index (χ2v) is 7.03. The van der Waals surface area contributed by atoms with Gasteiger partial charge in [0.15, 0.2) is 18.2 Å². The van der Waals surface area contributed by atoms with E-state index in [0.29, 0.717) is 28.0 Å². The Morgan fingerprint density at radius 3 is 2.85 bits per heavy atom. The molecule has 1 aromatic heterocycles. The Bertz CT molecular complexity index is 1010. The van der Waals surface area contributed by atoms with Gasteiger partial charge in [-0.25, -0.2) is 4.98 Å². The third-order valence-electron chi connectivity index (χ3n) is 4.06. The van der Waals surface area contributed by atoms with Crippen molar-refractivity contribution in [1.29, 1.82) is 0 Å². The van der Waals surface area contributed by atoms with Gasteiger partial charge >= 0.3 is 0 Å². The molecule has 0 spiro atoms. The number of carbonyl (C=O) groups is 2. The first-order valence-corrected chi connectivity index (χ1v) is 9.29. The fraction of sp³-hybridized carbons (Fsp3) is 0.158. The first kappa shape index (κ1) is 17.3. The normalized spacial score (nSPS) is 12.9. The minimum Gasteiger partial charge on any atom is -0.482 e. The molecule has 1 amide bonds. The maximum Gasteiger partial charge on any atom is 0.262 e. The topological polar surface area (TPSA) is 97.0 Å². The number of ether oxygens (including phenoxy) is 1. The van der Waals surface area contributed by atoms with Crippen LogP contribution in [0.15, 0.2) is 47.6 Å². The standard InChI is InChI=1S/C19H16N4O3S/c1-11-2-4-12(5-3-11)18-21-19(23-22-18)27-10-15(24)13-6-7-16-14(8-13)20-17(25)9-26-16/h2-8H,9-10H2,1H3,(H,20,25)(H,21,22,23). The van der Waals surface area contributed by atoms with Crippen molar-refractivity contribution in [3.05, 3.63) is 53.6 Å². The van der Waals surface area contributed by atoms with E-state index in [0.717, 1.165) is 5.56 Å². The minimum atomic E-state index is -0.231. The summed E-state index contributed by atoms with van der Waals surface area (Å²) in [4.78, 5) is 28.3. The van der Waals surface area contributed by atoms with E-state index >= 15 is 0 Å². The number of carbonyl (C=O) groups excluding carboxylic acids is 2. The number of fused-ring (bicyclic) bond motifs is 1. The second kappa shape index (κ2) is 7.24. The molecule has 0 saturated carbocycles. The molecule has 0 saturated heterocycles. The van der Waals surface area contributed by atoms with Crippen LogP contribution in [0.3, 0.4) is 0 Å². The summed E-state index contributed by atoms with van der Waals surface area (Å²) >= 11 is 1.26. The van der Waals surface area contributed by atoms with Crippen LogP contribution in [-0.2, 0) is 4.79 Å². The van der Waals surface area contributed by atoms with E-state index in [-0.39, 0.29) is 24.1 Å². The van der Waals surface area contributed by atoms with Gasteiger partial charge in [0.25, 0.3) is 5.91 Å². The third kappa shape index (κ3) is 3.85. The van der Waals surface area contributed by atoms with Gasteiger partial charge in [0.05, 0.1) is 11.4 Å². The van der Waals surface area contributed by atoms with Crippen LogP contribution >= 0.6 is 11.8 Å². The first-order valence-electron chi connectivity index (χ1n) is 8.30. The quantitative estimate of drug-likeness (QED) is 0.521. The second-order valence-electron chi connectivity index (χ2n) is 6.09. The summed E-state index contributed by atoms with van der Waals surface area (Å²) in [6, 6.07) is 13.0. The van der Waals surface area contributed by atoms with E-state index in [1.54, 1.807) is 18.2 Å². The Kier molecular flexibility index (Phi) is 4.64. The van der Waals surface area contributed by atoms with Crippen molar-refractivity contribution in [3.8, 4) is 17.1 Å². The Morgan fingerprint density at radius 2 is 2.04 bits per heavy atom. The summed E-state index contributed by atoms with van der Waals surface area (Å²) in [7, 11) is 0. The van der Waals surface area contributed by atoms with E-state index in [4.69, 9.17) is 4.74 Å². The molecule has 2 aromatic carbocycles. The van der Waals surface area contributed by atoms with Crippen molar-refractivity contribution >= 4 is 29.1 Å². The van der Waals surface area contributed by atoms with Gasteiger partial charge in [-0.2, -0.15) is 0 Å². The first-order chi connectivity index (χ1) is 13.1. The lowest BCUT2D eigenvalue weighted by molar-refractivity contribution is -0.118. The van der Waals surface area contributed by atoms with E-state index in [9.17, 15) is 9.59 Å². The molecule has 0 unspecified atom stereocenters. The maximum atomic E-state index is 12.5. The number of Topliss-reactive ketones (excluding diaryl/α,β-unsaturated/α-hetero) is 1. The monoisotopic (exact) mass is 380 g/mol. The van der Waals surface area contributed by atoms with Crippen LogP contribution in [-0.4, -0.2) is 39.2 Å². The lowest BCUT2D eigenvalue weighted by Crippen LogP contribution is -2.25. The fourth-order valence-electron chi connectivity index (χ4n) is 2.62. The number of hydrogen-bond acceptors (Lipinski definition) is 6. The Balaban J connectivity index is 1.42. The van der Waals surface area contributed by atoms with Crippen LogP contribution in [0.4, 0.5) is 5.69 Å². The molecule has 0 fully saturated rings. The van der Waals surface area contributed by atoms with Crippen LogP contribution in [0.1, 0.15) is 15.9 Å². The number of anilines is 1. The zero-order valence-corrected chi connectivity index (χ0v) is 15.3. The minimum absolute atomic E-state index is 0.00963. The van der Waals surface area contributed by atoms with E-state index in [1.807, 2.05) is 31.2 Å². The molecule has 4 rings (SSSR count). The van der Waals surface area contributed by atoms with Crippen LogP contribution in [0.25, 0.3) is 11.4 Å². The zero-order chi connectivity index (χ0) is 18.8. The Labute approximate surface area is 159 Å². The lowest BCUT2D eigenvalue weighted by atomic mass is 10.1. The molecule has 1 aliphatic rings. The number of thioether (sulfide) groups is 1. The van der Waals surface area contributed by atoms with Crippen LogP contribution in [0, 0.1) is 6.92 Å². The number of aryl methyl sites for hydroxylation is 1. The van der Waals surface area contributed by atoms with Crippen molar-refractivity contribution in [3.63, 3.8) is 0 Å². The van der Waals surface area contributed by atoms with Gasteiger partial charge in [0, 0.05) is 11.1 Å². The number of amides is 1. The molecule has 3 aromatic rings. The molecule has 27 heavy (non-hydrogen) atoms. The van der Waals surface area contributed by atoms with Crippen molar-refractivity contribution in [2.75, 3.05) is 17.7 Å². The van der Waals surface area contributed by atoms with E-state index in [2.05, 4.69) is 20.5 Å². The van der Waals surface area contributed by atoms with Crippen LogP contribution < -0.4 is 10.1 Å². The summed E-state index contributed by atoms with van der Waals surface area (Å²) in [5, 5.41) is 10.3. The number of aromatic nitrogens is 3. The summed E-state index contributed by atoms with van der Waals surface area (Å²) < 4.78 is 5.30. The molecule has 0 bridgehead atoms. The molecule has 7 nitrogen and oxygen atoms in total. The fourth-order valence-corrected chi connectivity index (χ4v) is 3.31. The number of benzene rings is 2. The molecule has 1 aliphatic heterocycles. The lowest BCUT2D eigenvalue weighted by Gasteiger charge is -2.18. The predicted molar refractivity (Wildman–Crippen MR) is 102 cm³/mol. The highest BCUT2D eigenvalue weighted by Crippen LogP contribution is 2.29. The highest BCUT2D eigenvalue weighted by atomic mass is 32.2. The molecule has 0 atom stereocenters. The van der Waals surface area contributed by atoms with Gasteiger partial charge < -0.3 is 10.1 Å². The summed E-state index contributed by atoms with van der Waals surface area (Å²) in [5.41, 5.74) is 3.13. The van der Waals surface area contributed by atoms with Gasteiger partial charge in [-0.05, 0) is 25.1 Å². The SMILES string of the molecule is Cc1ccc(-c2nc(SCC(=O)c3ccc4c(c3)NC(=O)CO4)n[nH]2)cc1. The number of nitrogens with zero attached hydrogens (tertiary/aromatic N) is 2. The molecular formula is C19H16N4O3S. The van der Waals surface area contributed by atoms with Gasteiger partial charge in [-0.3, -0.25) is 14.7 Å². The summed E-state index contributed by atoms with van der Waals surface area (Å²) in [6.45, 7) is 2.01. The number of ketones is 1. The number of nitrogens with one attached hydrogen (secondary N) is 2. The third-order valence-corrected chi connectivity index (χ3v) is 4.90. The van der Waals surface area contributed by atoms with Crippen molar-refractivity contribution in [1.82, 2.24) is 15.2 Å². The number of aromatic amines is 1. The van der Waals surface area contributed by atoms with Crippen molar-refractivity contribution < 1.29 is 14.3 Å². The van der Waals surface area contributed by atoms with E-state index in [1.165, 1.54) is 17.3 Å². The summed E-state index contributed by atoms with van der Waals surface area (Å²) in [6.07, 6.45) is 0. The van der Waals surface area contributed by atoms with Gasteiger partial charge in [0.2, 0.25) is 5.16 Å². The molecule has 8 heteroatoms. The molecule has 2 heterocycles. The van der Waals surface area contributed by atoms with E-state index < -0.39 is 0 Å². The highest BCUT2D eigenvalue weighted by molar-refractivity contribution is 7.99. The highest BCUT2D eigenvalue weighted by Gasteiger charge is 2.18. The Morgan fingerprint density at radius 1 is 1.22 bits per heavy atom. The van der Waals surface area contributed by atoms with Crippen molar-refractivity contribution in [2.45, 2.75) is 12.1 Å². The number of rotatable bonds is 5. The molecule has 2 N–H and O–H groups in total. The van der Waals surface area contributed by atoms with Crippen LogP contribution in [0.2, 0.25) is 0 Å². The molecular weight excluding hydrogens is 364 g/mol. The van der Waals surface area contributed by atoms with Gasteiger partial charge in [-0.15, -0.1) is 5.10 Å². The van der Waals surface area contributed by atoms with Gasteiger partial charge in [-0.1, -0.05) is 41.6 Å². The molecule has 136 valence electrons. The number of H-pyrrole nitrogens is 1. The number of hydrogen-bond donors (Lipinski definition) is 2. The largest absolute Gasteiger partial charge is 0.482 e. The zero-order valence-electron chi connectivity index (χ0n) is 14.5. The molecule has 0 radical (unpaired) electrons. The van der Waals surface area contributed by atoms with Gasteiger partial charge in [0.1, 0.15) is 5.75 Å². The molecule has 0 aliphatic carbocycles. The smallest absolute Gasteiger partial charge is 0.262 e. The van der Waals surface area contributed by atoms with Crippen LogP contribution in [0.5, 0.6) is 5.75 Å². The predicted octanol–water partition coefficient (Wildman–Crippen LogP) is 3.09. The summed E-state index contributed by atoms with van der Waals surface area (Å²) in [5.74, 6) is 1.11. The average molecular weight is 380 g/mol. The Hall–Kier alpha value is -3.13.